The third kappa shape index (κ3) is 2.48. The molecular weight excluding hydrogens is 280 g/mol. The lowest BCUT2D eigenvalue weighted by Gasteiger charge is -2.28. The molecule has 0 heterocycles. The quantitative estimate of drug-likeness (QED) is 0.516. The lowest BCUT2D eigenvalue weighted by atomic mass is 9.87. The minimum atomic E-state index is -0.373. The number of benzene rings is 1. The van der Waals surface area contributed by atoms with Crippen molar-refractivity contribution in [3.05, 3.63) is 47.2 Å². The second kappa shape index (κ2) is 5.85. The Hall–Kier alpha value is -2.27. The molecule has 0 saturated heterocycles. The van der Waals surface area contributed by atoms with Crippen LogP contribution in [0.1, 0.15) is 52.8 Å². The molecule has 2 N–H and O–H groups in total. The number of hydrogen-bond donors (Lipinski definition) is 1. The van der Waals surface area contributed by atoms with Gasteiger partial charge in [0.25, 0.3) is 0 Å². The maximum absolute atomic E-state index is 12.5. The van der Waals surface area contributed by atoms with E-state index < -0.39 is 0 Å². The van der Waals surface area contributed by atoms with Crippen LogP contribution in [0.25, 0.3) is 0 Å². The Bertz CT molecular complexity index is 672. The van der Waals surface area contributed by atoms with Crippen molar-refractivity contribution in [2.24, 2.45) is 11.8 Å². The number of Topliss-reactive ketones (excluding diaryl/α,β-unsaturated/α-hetero) is 1. The Balaban J connectivity index is 1.87. The third-order valence-electron chi connectivity index (χ3n) is 4.39. The zero-order chi connectivity index (χ0) is 15.7. The number of carbonyl (C=O) groups excluding carboxylic acids is 3. The first-order chi connectivity index (χ1) is 10.6. The standard InChI is InChI=1S/C17H18N2O3/c18-19(17(22)11-6-2-1-3-7-11)14-10-15(20)12-8-4-5-9-13(12)16(14)21/h4-5,8-11H,1-3,6-7,18H2. The first-order valence-electron chi connectivity index (χ1n) is 7.58. The number of amides is 1. The highest BCUT2D eigenvalue weighted by Crippen LogP contribution is 2.28. The highest BCUT2D eigenvalue weighted by atomic mass is 16.2. The lowest BCUT2D eigenvalue weighted by Crippen LogP contribution is -2.44. The van der Waals surface area contributed by atoms with Crippen LogP contribution in [0, 0.1) is 5.92 Å². The summed E-state index contributed by atoms with van der Waals surface area (Å²) in [7, 11) is 0. The molecule has 1 aromatic rings. The summed E-state index contributed by atoms with van der Waals surface area (Å²) in [4.78, 5) is 37.1. The first-order valence-corrected chi connectivity index (χ1v) is 7.58. The molecule has 114 valence electrons. The molecule has 5 heteroatoms. The Morgan fingerprint density at radius 1 is 1.05 bits per heavy atom. The monoisotopic (exact) mass is 298 g/mol. The first kappa shape index (κ1) is 14.7. The maximum atomic E-state index is 12.5. The van der Waals surface area contributed by atoms with Crippen molar-refractivity contribution in [2.45, 2.75) is 32.1 Å². The van der Waals surface area contributed by atoms with Gasteiger partial charge in [-0.3, -0.25) is 14.4 Å². The SMILES string of the molecule is NN(C(=O)C1CCCCC1)C1=CC(=O)c2ccccc2C1=O. The van der Waals surface area contributed by atoms with Crippen LogP contribution < -0.4 is 5.84 Å². The number of carbonyl (C=O) groups is 3. The van der Waals surface area contributed by atoms with Crippen molar-refractivity contribution >= 4 is 17.5 Å². The molecule has 2 aliphatic rings. The molecule has 0 atom stereocenters. The average Bonchev–Trinajstić information content (AvgIpc) is 2.57. The van der Waals surface area contributed by atoms with Crippen LogP contribution in [-0.2, 0) is 4.79 Å². The third-order valence-corrected chi connectivity index (χ3v) is 4.39. The largest absolute Gasteiger partial charge is 0.289 e. The van der Waals surface area contributed by atoms with Gasteiger partial charge in [-0.2, -0.15) is 0 Å². The van der Waals surface area contributed by atoms with Gasteiger partial charge in [-0.25, -0.2) is 10.9 Å². The zero-order valence-electron chi connectivity index (χ0n) is 12.2. The van der Waals surface area contributed by atoms with E-state index in [1.807, 2.05) is 0 Å². The van der Waals surface area contributed by atoms with Gasteiger partial charge in [-0.15, -0.1) is 0 Å². The number of allylic oxidation sites excluding steroid dienone is 2. The second-order valence-electron chi connectivity index (χ2n) is 5.81. The van der Waals surface area contributed by atoms with E-state index in [1.165, 1.54) is 6.08 Å². The Morgan fingerprint density at radius 3 is 2.36 bits per heavy atom. The summed E-state index contributed by atoms with van der Waals surface area (Å²) in [5, 5.41) is 0.881. The van der Waals surface area contributed by atoms with Gasteiger partial charge >= 0.3 is 0 Å². The Labute approximate surface area is 128 Å². The van der Waals surface area contributed by atoms with Crippen LogP contribution in [0.5, 0.6) is 0 Å². The second-order valence-corrected chi connectivity index (χ2v) is 5.81. The molecule has 5 nitrogen and oxygen atoms in total. The molecule has 0 aromatic heterocycles. The molecule has 2 aliphatic carbocycles. The summed E-state index contributed by atoms with van der Waals surface area (Å²) in [6.45, 7) is 0. The van der Waals surface area contributed by atoms with E-state index in [2.05, 4.69) is 0 Å². The lowest BCUT2D eigenvalue weighted by molar-refractivity contribution is -0.134. The van der Waals surface area contributed by atoms with Crippen LogP contribution in [0.4, 0.5) is 0 Å². The molecule has 1 aromatic carbocycles. The van der Waals surface area contributed by atoms with Crippen LogP contribution in [0.3, 0.4) is 0 Å². The van der Waals surface area contributed by atoms with E-state index in [9.17, 15) is 14.4 Å². The summed E-state index contributed by atoms with van der Waals surface area (Å²) in [5.41, 5.74) is 0.630. The van der Waals surface area contributed by atoms with E-state index in [1.54, 1.807) is 24.3 Å². The van der Waals surface area contributed by atoms with Crippen molar-refractivity contribution in [3.8, 4) is 0 Å². The fourth-order valence-corrected chi connectivity index (χ4v) is 3.15. The topological polar surface area (TPSA) is 80.5 Å². The van der Waals surface area contributed by atoms with Gasteiger partial charge in [0, 0.05) is 23.1 Å². The van der Waals surface area contributed by atoms with Gasteiger partial charge in [-0.05, 0) is 12.8 Å². The molecule has 1 fully saturated rings. The van der Waals surface area contributed by atoms with Gasteiger partial charge in [0.05, 0.1) is 0 Å². The molecule has 0 aliphatic heterocycles. The molecular formula is C17H18N2O3. The summed E-state index contributed by atoms with van der Waals surface area (Å²) >= 11 is 0. The summed E-state index contributed by atoms with van der Waals surface area (Å²) in [6.07, 6.45) is 5.88. The van der Waals surface area contributed by atoms with E-state index in [0.717, 1.165) is 37.1 Å². The predicted molar refractivity (Wildman–Crippen MR) is 80.8 cm³/mol. The predicted octanol–water partition coefficient (Wildman–Crippen LogP) is 2.23. The zero-order valence-corrected chi connectivity index (χ0v) is 12.2. The normalized spacial score (nSPS) is 18.7. The molecule has 0 radical (unpaired) electrons. The summed E-state index contributed by atoms with van der Waals surface area (Å²) in [5.74, 6) is 4.78. The Morgan fingerprint density at radius 2 is 1.68 bits per heavy atom. The number of hydrazine groups is 1. The molecule has 0 spiro atoms. The minimum Gasteiger partial charge on any atom is -0.289 e. The number of nitrogens with zero attached hydrogens (tertiary/aromatic N) is 1. The van der Waals surface area contributed by atoms with Gasteiger partial charge in [0.15, 0.2) is 5.78 Å². The molecule has 1 saturated carbocycles. The van der Waals surface area contributed by atoms with Crippen molar-refractivity contribution in [2.75, 3.05) is 0 Å². The van der Waals surface area contributed by atoms with Crippen LogP contribution >= 0.6 is 0 Å². The number of fused-ring (bicyclic) bond motifs is 1. The fraction of sp³-hybridized carbons (Fsp3) is 0.353. The van der Waals surface area contributed by atoms with E-state index in [-0.39, 0.29) is 29.1 Å². The van der Waals surface area contributed by atoms with Gasteiger partial charge < -0.3 is 0 Å². The van der Waals surface area contributed by atoms with Crippen molar-refractivity contribution < 1.29 is 14.4 Å². The maximum Gasteiger partial charge on any atom is 0.244 e. The van der Waals surface area contributed by atoms with Crippen LogP contribution in [0.15, 0.2) is 36.0 Å². The van der Waals surface area contributed by atoms with E-state index >= 15 is 0 Å². The van der Waals surface area contributed by atoms with Crippen LogP contribution in [0.2, 0.25) is 0 Å². The van der Waals surface area contributed by atoms with Crippen molar-refractivity contribution in [1.29, 1.82) is 0 Å². The molecule has 0 bridgehead atoms. The highest BCUT2D eigenvalue weighted by molar-refractivity contribution is 6.25. The number of ketones is 2. The molecule has 0 unspecified atom stereocenters. The minimum absolute atomic E-state index is 0.0285. The number of rotatable bonds is 2. The average molecular weight is 298 g/mol. The van der Waals surface area contributed by atoms with Gasteiger partial charge in [0.2, 0.25) is 11.7 Å². The molecule has 22 heavy (non-hydrogen) atoms. The van der Waals surface area contributed by atoms with Crippen molar-refractivity contribution in [1.82, 2.24) is 5.01 Å². The van der Waals surface area contributed by atoms with Crippen molar-refractivity contribution in [3.63, 3.8) is 0 Å². The van der Waals surface area contributed by atoms with Crippen LogP contribution in [-0.4, -0.2) is 22.5 Å². The summed E-state index contributed by atoms with van der Waals surface area (Å²) in [6, 6.07) is 6.58. The van der Waals surface area contributed by atoms with E-state index in [0.29, 0.717) is 11.1 Å². The van der Waals surface area contributed by atoms with Gasteiger partial charge in [-0.1, -0.05) is 43.5 Å². The Kier molecular flexibility index (Phi) is 3.90. The molecule has 1 amide bonds. The fourth-order valence-electron chi connectivity index (χ4n) is 3.15. The smallest absolute Gasteiger partial charge is 0.244 e. The van der Waals surface area contributed by atoms with Gasteiger partial charge in [0.1, 0.15) is 5.70 Å². The highest BCUT2D eigenvalue weighted by Gasteiger charge is 2.33. The molecule has 3 rings (SSSR count). The summed E-state index contributed by atoms with van der Waals surface area (Å²) < 4.78 is 0. The van der Waals surface area contributed by atoms with E-state index in [4.69, 9.17) is 5.84 Å². The number of nitrogens with two attached hydrogens (primary N) is 1. The number of hydrogen-bond acceptors (Lipinski definition) is 4.